The predicted octanol–water partition coefficient (Wildman–Crippen LogP) is 5.14. The molecule has 1 saturated carbocycles. The summed E-state index contributed by atoms with van der Waals surface area (Å²) in [6.07, 6.45) is 4.14. The summed E-state index contributed by atoms with van der Waals surface area (Å²) in [6, 6.07) is 14.9. The maximum absolute atomic E-state index is 13.6. The lowest BCUT2D eigenvalue weighted by atomic mass is 9.82. The largest absolute Gasteiger partial charge is 0.490 e. The van der Waals surface area contributed by atoms with Gasteiger partial charge in [-0.05, 0) is 88.3 Å². The number of nitrogens with zero attached hydrogens (tertiary/aromatic N) is 2. The maximum Gasteiger partial charge on any atom is 0.127 e. The Hall–Kier alpha value is -2.68. The van der Waals surface area contributed by atoms with E-state index >= 15 is 0 Å². The predicted molar refractivity (Wildman–Crippen MR) is 119 cm³/mol. The molecule has 0 amide bonds. The topological polar surface area (TPSA) is 45.5 Å². The number of halogens is 1. The second kappa shape index (κ2) is 8.45. The summed E-state index contributed by atoms with van der Waals surface area (Å²) in [4.78, 5) is 2.24. The Labute approximate surface area is 183 Å². The van der Waals surface area contributed by atoms with Crippen LogP contribution in [0.2, 0.25) is 0 Å². The van der Waals surface area contributed by atoms with Crippen LogP contribution in [0.3, 0.4) is 0 Å². The van der Waals surface area contributed by atoms with E-state index in [1.54, 1.807) is 6.07 Å². The Morgan fingerprint density at radius 3 is 2.58 bits per heavy atom. The molecule has 3 atom stereocenters. The molecule has 31 heavy (non-hydrogen) atoms. The van der Waals surface area contributed by atoms with Gasteiger partial charge in [0.05, 0.1) is 29.9 Å². The molecule has 4 nitrogen and oxygen atoms in total. The lowest BCUT2D eigenvalue weighted by Crippen LogP contribution is -2.39. The van der Waals surface area contributed by atoms with E-state index < -0.39 is 5.60 Å². The molecule has 1 aliphatic carbocycles. The standard InChI is InChI=1S/C26H29FN2O2/c1-17(2)31-24-10-5-18(15-28)13-22(24)20-14-26(30-16-20)12-11-23(29(3)4)25(26)19-6-8-21(27)9-7-19/h5-10,13-14,17,23,25H,11-12,16H2,1-4H3. The van der Waals surface area contributed by atoms with Crippen LogP contribution in [0.25, 0.3) is 5.57 Å². The molecule has 0 saturated heterocycles. The van der Waals surface area contributed by atoms with E-state index in [9.17, 15) is 9.65 Å². The quantitative estimate of drug-likeness (QED) is 0.672. The third-order valence-corrected chi connectivity index (χ3v) is 6.37. The number of benzene rings is 2. The molecule has 0 bridgehead atoms. The van der Waals surface area contributed by atoms with Crippen LogP contribution in [0.15, 0.2) is 48.5 Å². The highest BCUT2D eigenvalue weighted by molar-refractivity contribution is 5.75. The number of ether oxygens (including phenoxy) is 2. The van der Waals surface area contributed by atoms with Gasteiger partial charge in [-0.1, -0.05) is 12.1 Å². The average Bonchev–Trinajstić information content (AvgIpc) is 3.33. The van der Waals surface area contributed by atoms with Crippen LogP contribution in [-0.2, 0) is 4.74 Å². The van der Waals surface area contributed by atoms with Crippen molar-refractivity contribution >= 4 is 5.57 Å². The van der Waals surface area contributed by atoms with Gasteiger partial charge >= 0.3 is 0 Å². The molecule has 5 heteroatoms. The van der Waals surface area contributed by atoms with Crippen molar-refractivity contribution < 1.29 is 13.9 Å². The number of likely N-dealkylation sites (N-methyl/N-ethyl adjacent to an activating group) is 1. The van der Waals surface area contributed by atoms with Crippen molar-refractivity contribution in [3.63, 3.8) is 0 Å². The molecule has 1 spiro atoms. The van der Waals surface area contributed by atoms with E-state index in [1.165, 1.54) is 12.1 Å². The van der Waals surface area contributed by atoms with E-state index in [2.05, 4.69) is 31.1 Å². The second-order valence-corrected chi connectivity index (χ2v) is 9.00. The van der Waals surface area contributed by atoms with Crippen molar-refractivity contribution in [1.29, 1.82) is 5.26 Å². The fraction of sp³-hybridized carbons (Fsp3) is 0.423. The third-order valence-electron chi connectivity index (χ3n) is 6.37. The molecule has 1 fully saturated rings. The highest BCUT2D eigenvalue weighted by Crippen LogP contribution is 2.52. The summed E-state index contributed by atoms with van der Waals surface area (Å²) < 4.78 is 26.2. The molecule has 4 rings (SSSR count). The van der Waals surface area contributed by atoms with E-state index in [1.807, 2.05) is 38.1 Å². The third kappa shape index (κ3) is 4.11. The fourth-order valence-corrected chi connectivity index (χ4v) is 5.03. The van der Waals surface area contributed by atoms with Gasteiger partial charge in [-0.2, -0.15) is 5.26 Å². The summed E-state index contributed by atoms with van der Waals surface area (Å²) >= 11 is 0. The average molecular weight is 421 g/mol. The number of rotatable bonds is 5. The van der Waals surface area contributed by atoms with Crippen molar-refractivity contribution in [2.75, 3.05) is 20.7 Å². The van der Waals surface area contributed by atoms with Gasteiger partial charge in [0, 0.05) is 17.5 Å². The molecule has 1 aliphatic heterocycles. The highest BCUT2D eigenvalue weighted by atomic mass is 19.1. The summed E-state index contributed by atoms with van der Waals surface area (Å²) in [5.74, 6) is 0.625. The minimum absolute atomic E-state index is 0.0279. The number of hydrogen-bond acceptors (Lipinski definition) is 4. The summed E-state index contributed by atoms with van der Waals surface area (Å²) in [7, 11) is 4.18. The van der Waals surface area contributed by atoms with Crippen LogP contribution in [0.5, 0.6) is 5.75 Å². The van der Waals surface area contributed by atoms with Crippen LogP contribution in [0.4, 0.5) is 4.39 Å². The van der Waals surface area contributed by atoms with Crippen LogP contribution >= 0.6 is 0 Å². The zero-order chi connectivity index (χ0) is 22.2. The molecule has 162 valence electrons. The van der Waals surface area contributed by atoms with Gasteiger partial charge in [0.2, 0.25) is 0 Å². The zero-order valence-corrected chi connectivity index (χ0v) is 18.6. The summed E-state index contributed by atoms with van der Waals surface area (Å²) in [5.41, 5.74) is 3.18. The Morgan fingerprint density at radius 1 is 1.19 bits per heavy atom. The maximum atomic E-state index is 13.6. The number of nitriles is 1. The van der Waals surface area contributed by atoms with Crippen molar-refractivity contribution in [2.45, 2.75) is 50.4 Å². The fourth-order valence-electron chi connectivity index (χ4n) is 5.03. The van der Waals surface area contributed by atoms with Crippen molar-refractivity contribution in [2.24, 2.45) is 0 Å². The van der Waals surface area contributed by atoms with E-state index in [0.29, 0.717) is 12.2 Å². The summed E-state index contributed by atoms with van der Waals surface area (Å²) in [5, 5.41) is 9.41. The molecule has 0 radical (unpaired) electrons. The van der Waals surface area contributed by atoms with Gasteiger partial charge in [0.25, 0.3) is 0 Å². The lowest BCUT2D eigenvalue weighted by molar-refractivity contribution is 0.0117. The van der Waals surface area contributed by atoms with Gasteiger partial charge in [0.1, 0.15) is 11.6 Å². The molecule has 2 aromatic carbocycles. The molecular weight excluding hydrogens is 391 g/mol. The van der Waals surface area contributed by atoms with Crippen molar-refractivity contribution in [3.8, 4) is 11.8 Å². The van der Waals surface area contributed by atoms with E-state index in [0.717, 1.165) is 35.3 Å². The van der Waals surface area contributed by atoms with Crippen LogP contribution in [0.1, 0.15) is 49.3 Å². The molecular formula is C26H29FN2O2. The van der Waals surface area contributed by atoms with Crippen LogP contribution in [-0.4, -0.2) is 43.3 Å². The van der Waals surface area contributed by atoms with Crippen molar-refractivity contribution in [1.82, 2.24) is 4.90 Å². The Morgan fingerprint density at radius 2 is 1.94 bits per heavy atom. The van der Waals surface area contributed by atoms with Crippen LogP contribution < -0.4 is 4.74 Å². The number of hydrogen-bond donors (Lipinski definition) is 0. The Kier molecular flexibility index (Phi) is 5.88. The molecule has 3 unspecified atom stereocenters. The molecule has 0 N–H and O–H groups in total. The first-order valence-corrected chi connectivity index (χ1v) is 10.8. The van der Waals surface area contributed by atoms with Gasteiger partial charge in [0.15, 0.2) is 0 Å². The van der Waals surface area contributed by atoms with Crippen LogP contribution in [0, 0.1) is 17.1 Å². The zero-order valence-electron chi connectivity index (χ0n) is 18.6. The highest BCUT2D eigenvalue weighted by Gasteiger charge is 2.52. The first-order chi connectivity index (χ1) is 14.8. The second-order valence-electron chi connectivity index (χ2n) is 9.00. The monoisotopic (exact) mass is 420 g/mol. The van der Waals surface area contributed by atoms with E-state index in [4.69, 9.17) is 9.47 Å². The van der Waals surface area contributed by atoms with E-state index in [-0.39, 0.29) is 23.9 Å². The molecule has 1 heterocycles. The first kappa shape index (κ1) is 21.5. The minimum atomic E-state index is -0.458. The lowest BCUT2D eigenvalue weighted by Gasteiger charge is -2.35. The van der Waals surface area contributed by atoms with Gasteiger partial charge in [-0.15, -0.1) is 0 Å². The van der Waals surface area contributed by atoms with Gasteiger partial charge in [-0.3, -0.25) is 0 Å². The smallest absolute Gasteiger partial charge is 0.127 e. The minimum Gasteiger partial charge on any atom is -0.490 e. The first-order valence-electron chi connectivity index (χ1n) is 10.8. The van der Waals surface area contributed by atoms with Gasteiger partial charge in [-0.25, -0.2) is 4.39 Å². The normalized spacial score (nSPS) is 25.3. The molecule has 2 aromatic rings. The Bertz CT molecular complexity index is 1020. The molecule has 2 aliphatic rings. The SMILES string of the molecule is CC(C)Oc1ccc(C#N)cc1C1=CC2(CCC(N(C)C)C2c2ccc(F)cc2)OC1. The van der Waals surface area contributed by atoms with Gasteiger partial charge < -0.3 is 14.4 Å². The summed E-state index contributed by atoms with van der Waals surface area (Å²) in [6.45, 7) is 4.44. The Balaban J connectivity index is 1.78. The molecule has 0 aromatic heterocycles. The van der Waals surface area contributed by atoms with Crippen molar-refractivity contribution in [3.05, 3.63) is 71.0 Å².